The molecule has 5 nitrogen and oxygen atoms in total. The predicted molar refractivity (Wildman–Crippen MR) is 71.7 cm³/mol. The van der Waals surface area contributed by atoms with Gasteiger partial charge in [0.1, 0.15) is 5.58 Å². The van der Waals surface area contributed by atoms with Crippen molar-refractivity contribution in [3.8, 4) is 0 Å². The van der Waals surface area contributed by atoms with Crippen LogP contribution >= 0.6 is 0 Å². The average molecular weight is 260 g/mol. The Labute approximate surface area is 110 Å². The molecule has 0 bridgehead atoms. The second-order valence-corrected chi connectivity index (χ2v) is 5.01. The van der Waals surface area contributed by atoms with Crippen LogP contribution in [-0.2, 0) is 6.54 Å². The number of hydrogen-bond acceptors (Lipinski definition) is 5. The third-order valence-corrected chi connectivity index (χ3v) is 3.55. The molecule has 1 saturated heterocycles. The van der Waals surface area contributed by atoms with Gasteiger partial charge in [0.2, 0.25) is 0 Å². The van der Waals surface area contributed by atoms with Gasteiger partial charge in [0, 0.05) is 31.2 Å². The van der Waals surface area contributed by atoms with Gasteiger partial charge in [-0.1, -0.05) is 12.1 Å². The largest absolute Gasteiger partial charge is 0.464 e. The molecule has 0 spiro atoms. The van der Waals surface area contributed by atoms with E-state index in [1.54, 1.807) is 12.1 Å². The quantitative estimate of drug-likeness (QED) is 0.811. The van der Waals surface area contributed by atoms with Crippen molar-refractivity contribution in [2.24, 2.45) is 5.73 Å². The monoisotopic (exact) mass is 260 g/mol. The number of β-amino-alcohol motifs (C(OH)–C–C–N with tert-alkyl or cyclic N) is 1. The molecule has 0 saturated carbocycles. The van der Waals surface area contributed by atoms with Gasteiger partial charge in [0.05, 0.1) is 17.8 Å². The number of aliphatic hydroxyl groups excluding tert-OH is 1. The molecule has 2 heterocycles. The van der Waals surface area contributed by atoms with Crippen LogP contribution in [0, 0.1) is 0 Å². The third kappa shape index (κ3) is 2.28. The molecule has 2 atom stereocenters. The molecular formula is C14H16N2O3. The van der Waals surface area contributed by atoms with Crippen molar-refractivity contribution >= 4 is 11.0 Å². The van der Waals surface area contributed by atoms with Crippen LogP contribution in [0.25, 0.3) is 11.0 Å². The summed E-state index contributed by atoms with van der Waals surface area (Å²) in [7, 11) is 0. The van der Waals surface area contributed by atoms with Crippen LogP contribution in [0.1, 0.15) is 5.56 Å². The van der Waals surface area contributed by atoms with E-state index in [0.29, 0.717) is 36.2 Å². The van der Waals surface area contributed by atoms with E-state index in [1.165, 1.54) is 6.26 Å². The summed E-state index contributed by atoms with van der Waals surface area (Å²) in [6, 6.07) is 6.94. The van der Waals surface area contributed by atoms with Gasteiger partial charge in [-0.15, -0.1) is 0 Å². The lowest BCUT2D eigenvalue weighted by Gasteiger charge is -2.14. The van der Waals surface area contributed by atoms with Gasteiger partial charge in [0.25, 0.3) is 0 Å². The molecule has 19 heavy (non-hydrogen) atoms. The molecule has 1 aromatic heterocycles. The first-order valence-electron chi connectivity index (χ1n) is 6.30. The average Bonchev–Trinajstić information content (AvgIpc) is 2.72. The summed E-state index contributed by atoms with van der Waals surface area (Å²) in [5, 5.41) is 10.2. The van der Waals surface area contributed by atoms with Gasteiger partial charge in [-0.3, -0.25) is 9.69 Å². The van der Waals surface area contributed by atoms with Crippen LogP contribution in [0.2, 0.25) is 0 Å². The lowest BCUT2D eigenvalue weighted by atomic mass is 10.1. The Bertz CT molecular complexity index is 642. The first kappa shape index (κ1) is 12.3. The summed E-state index contributed by atoms with van der Waals surface area (Å²) in [5.41, 5.74) is 6.93. The Morgan fingerprint density at radius 1 is 1.37 bits per heavy atom. The van der Waals surface area contributed by atoms with Crippen LogP contribution in [0.4, 0.5) is 0 Å². The minimum absolute atomic E-state index is 0.0168. The summed E-state index contributed by atoms with van der Waals surface area (Å²) in [6.07, 6.45) is 0.980. The van der Waals surface area contributed by atoms with Crippen LogP contribution in [0.15, 0.2) is 39.7 Å². The Morgan fingerprint density at radius 2 is 2.16 bits per heavy atom. The number of nitrogens with two attached hydrogens (primary N) is 1. The normalized spacial score (nSPS) is 24.1. The number of para-hydroxylation sites is 1. The summed E-state index contributed by atoms with van der Waals surface area (Å²) < 4.78 is 5.47. The highest BCUT2D eigenvalue weighted by Crippen LogP contribution is 2.14. The van der Waals surface area contributed by atoms with E-state index in [9.17, 15) is 9.90 Å². The molecule has 1 aliphatic rings. The van der Waals surface area contributed by atoms with Gasteiger partial charge in [-0.05, 0) is 12.1 Å². The zero-order valence-electron chi connectivity index (χ0n) is 10.5. The molecule has 3 N–H and O–H groups in total. The molecule has 1 aliphatic heterocycles. The molecule has 0 amide bonds. The number of rotatable bonds is 2. The van der Waals surface area contributed by atoms with Crippen molar-refractivity contribution in [2.45, 2.75) is 18.7 Å². The maximum absolute atomic E-state index is 12.3. The zero-order valence-corrected chi connectivity index (χ0v) is 10.5. The van der Waals surface area contributed by atoms with Crippen LogP contribution < -0.4 is 11.2 Å². The smallest absolute Gasteiger partial charge is 0.197 e. The van der Waals surface area contributed by atoms with Crippen molar-refractivity contribution in [3.63, 3.8) is 0 Å². The Kier molecular flexibility index (Phi) is 3.10. The van der Waals surface area contributed by atoms with Crippen molar-refractivity contribution in [3.05, 3.63) is 46.3 Å². The maximum Gasteiger partial charge on any atom is 0.197 e. The molecule has 1 aromatic carbocycles. The topological polar surface area (TPSA) is 79.7 Å². The van der Waals surface area contributed by atoms with Crippen molar-refractivity contribution in [1.29, 1.82) is 0 Å². The molecule has 3 rings (SSSR count). The van der Waals surface area contributed by atoms with E-state index in [4.69, 9.17) is 10.2 Å². The summed E-state index contributed by atoms with van der Waals surface area (Å²) >= 11 is 0. The molecule has 0 unspecified atom stereocenters. The minimum atomic E-state index is -0.521. The summed E-state index contributed by atoms with van der Waals surface area (Å²) in [6.45, 7) is 1.54. The highest BCUT2D eigenvalue weighted by Gasteiger charge is 2.28. The van der Waals surface area contributed by atoms with Gasteiger partial charge in [-0.2, -0.15) is 0 Å². The SMILES string of the molecule is N[C@@H]1CN(Cc2coc3ccccc3c2=O)C[C@H]1O. The number of hydrogen-bond donors (Lipinski definition) is 2. The van der Waals surface area contributed by atoms with Crippen LogP contribution in [0.3, 0.4) is 0 Å². The van der Waals surface area contributed by atoms with E-state index in [-0.39, 0.29) is 11.5 Å². The Hall–Kier alpha value is -1.69. The number of likely N-dealkylation sites (tertiary alicyclic amines) is 1. The van der Waals surface area contributed by atoms with Crippen LogP contribution in [-0.4, -0.2) is 35.2 Å². The van der Waals surface area contributed by atoms with E-state index in [2.05, 4.69) is 0 Å². The van der Waals surface area contributed by atoms with Gasteiger partial charge >= 0.3 is 0 Å². The van der Waals surface area contributed by atoms with Crippen molar-refractivity contribution < 1.29 is 9.52 Å². The fourth-order valence-corrected chi connectivity index (χ4v) is 2.49. The van der Waals surface area contributed by atoms with Crippen LogP contribution in [0.5, 0.6) is 0 Å². The van der Waals surface area contributed by atoms with Gasteiger partial charge in [-0.25, -0.2) is 0 Å². The van der Waals surface area contributed by atoms with Crippen molar-refractivity contribution in [2.75, 3.05) is 13.1 Å². The zero-order chi connectivity index (χ0) is 13.4. The Balaban J connectivity index is 1.90. The standard InChI is InChI=1S/C14H16N2O3/c15-11-6-16(7-12(11)17)5-9-8-19-13-4-2-1-3-10(13)14(9)18/h1-4,8,11-12,17H,5-7,15H2/t11-,12-/m1/s1. The molecular weight excluding hydrogens is 244 g/mol. The molecule has 100 valence electrons. The summed E-state index contributed by atoms with van der Waals surface area (Å²) in [5.74, 6) is 0. The van der Waals surface area contributed by atoms with E-state index in [0.717, 1.165) is 0 Å². The minimum Gasteiger partial charge on any atom is -0.464 e. The highest BCUT2D eigenvalue weighted by atomic mass is 16.3. The number of benzene rings is 1. The fourth-order valence-electron chi connectivity index (χ4n) is 2.49. The summed E-state index contributed by atoms with van der Waals surface area (Å²) in [4.78, 5) is 14.3. The molecule has 1 fully saturated rings. The lowest BCUT2D eigenvalue weighted by molar-refractivity contribution is 0.164. The number of nitrogens with zero attached hydrogens (tertiary/aromatic N) is 1. The number of fused-ring (bicyclic) bond motifs is 1. The van der Waals surface area contributed by atoms with E-state index in [1.807, 2.05) is 17.0 Å². The van der Waals surface area contributed by atoms with E-state index >= 15 is 0 Å². The fraction of sp³-hybridized carbons (Fsp3) is 0.357. The first-order chi connectivity index (χ1) is 9.15. The molecule has 0 radical (unpaired) electrons. The Morgan fingerprint density at radius 3 is 2.89 bits per heavy atom. The predicted octanol–water partition coefficient (Wildman–Crippen LogP) is 0.297. The second kappa shape index (κ2) is 4.77. The maximum atomic E-state index is 12.3. The highest BCUT2D eigenvalue weighted by molar-refractivity contribution is 5.76. The molecule has 0 aliphatic carbocycles. The van der Waals surface area contributed by atoms with E-state index < -0.39 is 6.10 Å². The first-order valence-corrected chi connectivity index (χ1v) is 6.30. The lowest BCUT2D eigenvalue weighted by Crippen LogP contribution is -2.32. The molecule has 2 aromatic rings. The van der Waals surface area contributed by atoms with Gasteiger partial charge < -0.3 is 15.3 Å². The second-order valence-electron chi connectivity index (χ2n) is 5.01. The van der Waals surface area contributed by atoms with Crippen molar-refractivity contribution in [1.82, 2.24) is 4.90 Å². The molecule has 5 heteroatoms. The van der Waals surface area contributed by atoms with Gasteiger partial charge in [0.15, 0.2) is 5.43 Å². The third-order valence-electron chi connectivity index (χ3n) is 3.55. The number of aliphatic hydroxyl groups is 1.